The van der Waals surface area contributed by atoms with Crippen molar-refractivity contribution < 1.29 is 4.74 Å². The number of aromatic nitrogens is 2. The van der Waals surface area contributed by atoms with Gasteiger partial charge in [-0.2, -0.15) is 4.98 Å². The Morgan fingerprint density at radius 2 is 1.86 bits per heavy atom. The fourth-order valence-corrected chi connectivity index (χ4v) is 4.56. The summed E-state index contributed by atoms with van der Waals surface area (Å²) in [5.74, 6) is 1.13. The highest BCUT2D eigenvalue weighted by molar-refractivity contribution is 6.31. The van der Waals surface area contributed by atoms with Crippen molar-refractivity contribution >= 4 is 29.1 Å². The fourth-order valence-electron chi connectivity index (χ4n) is 4.28. The second kappa shape index (κ2) is 8.13. The zero-order valence-corrected chi connectivity index (χ0v) is 17.4. The van der Waals surface area contributed by atoms with E-state index in [1.54, 1.807) is 0 Å². The van der Waals surface area contributed by atoms with Crippen molar-refractivity contribution in [2.24, 2.45) is 0 Å². The average Bonchev–Trinajstić information content (AvgIpc) is 3.07. The highest BCUT2D eigenvalue weighted by atomic mass is 35.5. The summed E-state index contributed by atoms with van der Waals surface area (Å²) < 4.78 is 5.91. The molecule has 150 valence electrons. The Balaban J connectivity index is 1.72. The van der Waals surface area contributed by atoms with Crippen LogP contribution < -0.4 is 15.5 Å². The molecule has 0 amide bonds. The monoisotopic (exact) mass is 401 g/mol. The van der Waals surface area contributed by atoms with Crippen LogP contribution in [0.3, 0.4) is 0 Å². The molecule has 7 heteroatoms. The van der Waals surface area contributed by atoms with Crippen molar-refractivity contribution in [3.63, 3.8) is 0 Å². The number of hydrogen-bond donors (Lipinski definition) is 1. The number of aryl methyl sites for hydroxylation is 2. The summed E-state index contributed by atoms with van der Waals surface area (Å²) in [5.41, 5.74) is 10.4. The fraction of sp³-hybridized carbons (Fsp3) is 0.524. The standard InChI is InChI=1S/C21H28ClN5O/c1-14-10-16(17(22)12-18(14)26-6-3-4-7-26)19-13-28-9-5-8-27(19)20-11-15(2)24-21(23)25-20/h10-12,19H,3-9,13H2,1-2H3,(H2,23,24,25). The average molecular weight is 402 g/mol. The molecule has 0 radical (unpaired) electrons. The van der Waals surface area contributed by atoms with Crippen molar-refractivity contribution in [1.29, 1.82) is 0 Å². The summed E-state index contributed by atoms with van der Waals surface area (Å²) in [5, 5.41) is 0.784. The van der Waals surface area contributed by atoms with E-state index in [-0.39, 0.29) is 6.04 Å². The highest BCUT2D eigenvalue weighted by Gasteiger charge is 2.28. The van der Waals surface area contributed by atoms with Crippen molar-refractivity contribution in [2.45, 2.75) is 39.2 Å². The number of nitrogen functional groups attached to an aromatic ring is 1. The van der Waals surface area contributed by atoms with Crippen molar-refractivity contribution in [1.82, 2.24) is 9.97 Å². The molecule has 2 saturated heterocycles. The molecule has 0 saturated carbocycles. The van der Waals surface area contributed by atoms with Crippen LogP contribution >= 0.6 is 11.6 Å². The van der Waals surface area contributed by atoms with Gasteiger partial charge in [-0.25, -0.2) is 4.98 Å². The molecule has 2 aliphatic heterocycles. The molecule has 2 aromatic rings. The first kappa shape index (κ1) is 19.3. The minimum Gasteiger partial charge on any atom is -0.379 e. The van der Waals surface area contributed by atoms with Crippen LogP contribution in [0.2, 0.25) is 5.02 Å². The van der Waals surface area contributed by atoms with Gasteiger partial charge in [0.05, 0.1) is 12.6 Å². The minimum absolute atomic E-state index is 0.00460. The second-order valence-electron chi connectivity index (χ2n) is 7.72. The van der Waals surface area contributed by atoms with Crippen LogP contribution in [0.15, 0.2) is 18.2 Å². The third-order valence-electron chi connectivity index (χ3n) is 5.61. The molecule has 2 aliphatic rings. The summed E-state index contributed by atoms with van der Waals surface area (Å²) >= 11 is 6.82. The smallest absolute Gasteiger partial charge is 0.222 e. The van der Waals surface area contributed by atoms with Crippen LogP contribution in [0, 0.1) is 13.8 Å². The van der Waals surface area contributed by atoms with Gasteiger partial charge in [0.2, 0.25) is 5.95 Å². The summed E-state index contributed by atoms with van der Waals surface area (Å²) in [4.78, 5) is 13.4. The van der Waals surface area contributed by atoms with Crippen LogP contribution in [-0.2, 0) is 4.74 Å². The van der Waals surface area contributed by atoms with Gasteiger partial charge in [-0.15, -0.1) is 0 Å². The van der Waals surface area contributed by atoms with Gasteiger partial charge in [-0.05, 0) is 50.3 Å². The van der Waals surface area contributed by atoms with Crippen molar-refractivity contribution in [2.75, 3.05) is 48.4 Å². The maximum Gasteiger partial charge on any atom is 0.222 e. The number of anilines is 3. The molecule has 6 nitrogen and oxygen atoms in total. The topological polar surface area (TPSA) is 67.5 Å². The van der Waals surface area contributed by atoms with E-state index in [1.165, 1.54) is 24.1 Å². The van der Waals surface area contributed by atoms with Gasteiger partial charge in [-0.3, -0.25) is 0 Å². The van der Waals surface area contributed by atoms with Crippen molar-refractivity contribution in [3.8, 4) is 0 Å². The molecular weight excluding hydrogens is 374 g/mol. The van der Waals surface area contributed by atoms with E-state index in [9.17, 15) is 0 Å². The zero-order chi connectivity index (χ0) is 19.7. The number of nitrogens with zero attached hydrogens (tertiary/aromatic N) is 4. The van der Waals surface area contributed by atoms with E-state index in [0.717, 1.165) is 54.8 Å². The van der Waals surface area contributed by atoms with E-state index in [4.69, 9.17) is 22.1 Å². The molecule has 4 rings (SSSR count). The Kier molecular flexibility index (Phi) is 5.60. The predicted molar refractivity (Wildman–Crippen MR) is 114 cm³/mol. The highest BCUT2D eigenvalue weighted by Crippen LogP contribution is 2.37. The maximum atomic E-state index is 6.82. The molecule has 1 unspecified atom stereocenters. The molecule has 0 spiro atoms. The quantitative estimate of drug-likeness (QED) is 0.841. The molecule has 1 aromatic carbocycles. The summed E-state index contributed by atoms with van der Waals surface area (Å²) in [6.45, 7) is 8.46. The molecule has 1 aromatic heterocycles. The lowest BCUT2D eigenvalue weighted by Crippen LogP contribution is -2.32. The second-order valence-corrected chi connectivity index (χ2v) is 8.12. The summed E-state index contributed by atoms with van der Waals surface area (Å²) in [7, 11) is 0. The van der Waals surface area contributed by atoms with Crippen LogP contribution in [0.4, 0.5) is 17.5 Å². The van der Waals surface area contributed by atoms with E-state index in [0.29, 0.717) is 12.6 Å². The Hall–Kier alpha value is -2.05. The van der Waals surface area contributed by atoms with Gasteiger partial charge >= 0.3 is 0 Å². The Morgan fingerprint density at radius 1 is 1.07 bits per heavy atom. The molecule has 0 aliphatic carbocycles. The first-order chi connectivity index (χ1) is 13.5. The predicted octanol–water partition coefficient (Wildman–Crippen LogP) is 3.90. The first-order valence-electron chi connectivity index (χ1n) is 10.0. The molecule has 28 heavy (non-hydrogen) atoms. The van der Waals surface area contributed by atoms with Crippen molar-refractivity contribution in [3.05, 3.63) is 40.0 Å². The lowest BCUT2D eigenvalue weighted by molar-refractivity contribution is 0.134. The Bertz CT molecular complexity index is 833. The van der Waals surface area contributed by atoms with Crippen LogP contribution in [0.1, 0.15) is 42.1 Å². The van der Waals surface area contributed by atoms with Gasteiger partial charge in [0.25, 0.3) is 0 Å². The number of ether oxygens (including phenoxy) is 1. The normalized spacial score (nSPS) is 20.5. The minimum atomic E-state index is -0.00460. The first-order valence-corrected chi connectivity index (χ1v) is 10.4. The molecular formula is C21H28ClN5O. The SMILES string of the molecule is Cc1cc(N2CCCOCC2c2cc(C)c(N3CCCC3)cc2Cl)nc(N)n1. The van der Waals surface area contributed by atoms with Gasteiger partial charge in [0.1, 0.15) is 5.82 Å². The van der Waals surface area contributed by atoms with Gasteiger partial charge in [0, 0.05) is 48.7 Å². The lowest BCUT2D eigenvalue weighted by Gasteiger charge is -2.32. The number of hydrogen-bond acceptors (Lipinski definition) is 6. The Labute approximate surface area is 171 Å². The van der Waals surface area contributed by atoms with Crippen LogP contribution in [0.25, 0.3) is 0 Å². The number of benzene rings is 1. The van der Waals surface area contributed by atoms with Crippen LogP contribution in [-0.4, -0.2) is 42.8 Å². The van der Waals surface area contributed by atoms with Gasteiger partial charge in [-0.1, -0.05) is 17.7 Å². The van der Waals surface area contributed by atoms with E-state index < -0.39 is 0 Å². The van der Waals surface area contributed by atoms with E-state index in [2.05, 4.69) is 38.8 Å². The largest absolute Gasteiger partial charge is 0.379 e. The van der Waals surface area contributed by atoms with E-state index in [1.807, 2.05) is 13.0 Å². The molecule has 1 atom stereocenters. The number of nitrogens with two attached hydrogens (primary N) is 1. The lowest BCUT2D eigenvalue weighted by atomic mass is 10.0. The molecule has 3 heterocycles. The van der Waals surface area contributed by atoms with Crippen LogP contribution in [0.5, 0.6) is 0 Å². The Morgan fingerprint density at radius 3 is 2.61 bits per heavy atom. The molecule has 2 fully saturated rings. The third-order valence-corrected chi connectivity index (χ3v) is 5.94. The molecule has 2 N–H and O–H groups in total. The number of rotatable bonds is 3. The summed E-state index contributed by atoms with van der Waals surface area (Å²) in [6, 6.07) is 6.32. The van der Waals surface area contributed by atoms with E-state index >= 15 is 0 Å². The van der Waals surface area contributed by atoms with Gasteiger partial charge in [0.15, 0.2) is 0 Å². The number of halogens is 1. The third kappa shape index (κ3) is 3.89. The van der Waals surface area contributed by atoms with Gasteiger partial charge < -0.3 is 20.3 Å². The zero-order valence-electron chi connectivity index (χ0n) is 16.6. The summed E-state index contributed by atoms with van der Waals surface area (Å²) in [6.07, 6.45) is 3.43. The molecule has 0 bridgehead atoms. The maximum absolute atomic E-state index is 6.82.